The highest BCUT2D eigenvalue weighted by Gasteiger charge is 2.17. The van der Waals surface area contributed by atoms with E-state index in [2.05, 4.69) is 32.9 Å². The van der Waals surface area contributed by atoms with Crippen molar-refractivity contribution in [3.8, 4) is 0 Å². The molecule has 0 bridgehead atoms. The molecule has 1 atom stereocenters. The first kappa shape index (κ1) is 13.2. The molecule has 5 nitrogen and oxygen atoms in total. The van der Waals surface area contributed by atoms with Gasteiger partial charge in [0.25, 0.3) is 5.69 Å². The van der Waals surface area contributed by atoms with Gasteiger partial charge in [-0.3, -0.25) is 10.1 Å². The van der Waals surface area contributed by atoms with Gasteiger partial charge >= 0.3 is 0 Å². The Bertz CT molecular complexity index is 559. The molecule has 1 aromatic carbocycles. The van der Waals surface area contributed by atoms with E-state index in [-0.39, 0.29) is 16.7 Å². The molecule has 0 aliphatic heterocycles. The lowest BCUT2D eigenvalue weighted by atomic mass is 10.2. The molecule has 0 aliphatic carbocycles. The molecule has 0 saturated carbocycles. The second-order valence-electron chi connectivity index (χ2n) is 3.65. The summed E-state index contributed by atoms with van der Waals surface area (Å²) < 4.78 is 0.840. The first-order valence-electron chi connectivity index (χ1n) is 5.18. The van der Waals surface area contributed by atoms with E-state index in [0.29, 0.717) is 5.69 Å². The lowest BCUT2D eigenvalue weighted by Gasteiger charge is -2.12. The Kier molecular flexibility index (Phi) is 4.12. The number of halogens is 1. The fourth-order valence-electron chi connectivity index (χ4n) is 1.52. The van der Waals surface area contributed by atoms with E-state index in [1.54, 1.807) is 18.3 Å². The normalized spacial score (nSPS) is 12.1. The predicted molar refractivity (Wildman–Crippen MR) is 80.0 cm³/mol. The Morgan fingerprint density at radius 3 is 2.94 bits per heavy atom. The largest absolute Gasteiger partial charge is 0.371 e. The minimum Gasteiger partial charge on any atom is -0.371 e. The number of nitrogens with zero attached hydrogens (tertiary/aromatic N) is 2. The van der Waals surface area contributed by atoms with Crippen LogP contribution < -0.4 is 5.32 Å². The zero-order valence-electron chi connectivity index (χ0n) is 9.46. The van der Waals surface area contributed by atoms with E-state index in [1.807, 2.05) is 18.4 Å². The number of benzene rings is 1. The number of thiazole rings is 1. The number of aromatic nitrogens is 1. The van der Waals surface area contributed by atoms with Crippen molar-refractivity contribution in [2.24, 2.45) is 0 Å². The van der Waals surface area contributed by atoms with Gasteiger partial charge in [0.2, 0.25) is 0 Å². The van der Waals surface area contributed by atoms with Gasteiger partial charge in [0.1, 0.15) is 10.7 Å². The molecule has 2 aromatic rings. The highest BCUT2D eigenvalue weighted by molar-refractivity contribution is 14.1. The first-order valence-corrected chi connectivity index (χ1v) is 7.13. The summed E-state index contributed by atoms with van der Waals surface area (Å²) in [5.74, 6) is 0. The maximum atomic E-state index is 11.0. The number of nitro groups is 1. The Balaban J connectivity index is 2.26. The Morgan fingerprint density at radius 2 is 2.33 bits per heavy atom. The number of hydrogen-bond acceptors (Lipinski definition) is 5. The fourth-order valence-corrected chi connectivity index (χ4v) is 2.64. The average Bonchev–Trinajstić information content (AvgIpc) is 2.84. The maximum Gasteiger partial charge on any atom is 0.293 e. The molecule has 1 N–H and O–H groups in total. The topological polar surface area (TPSA) is 68.1 Å². The van der Waals surface area contributed by atoms with Crippen LogP contribution in [0.5, 0.6) is 0 Å². The third kappa shape index (κ3) is 2.96. The maximum absolute atomic E-state index is 11.0. The molecule has 1 aromatic heterocycles. The van der Waals surface area contributed by atoms with E-state index >= 15 is 0 Å². The van der Waals surface area contributed by atoms with Gasteiger partial charge in [-0.2, -0.15) is 0 Å². The number of nitrogens with one attached hydrogen (secondary N) is 1. The molecule has 7 heteroatoms. The molecule has 0 saturated heterocycles. The van der Waals surface area contributed by atoms with Crippen molar-refractivity contribution in [3.05, 3.63) is 48.5 Å². The van der Waals surface area contributed by atoms with Crippen molar-refractivity contribution in [1.29, 1.82) is 0 Å². The lowest BCUT2D eigenvalue weighted by molar-refractivity contribution is -0.384. The van der Waals surface area contributed by atoms with Crippen LogP contribution in [0.3, 0.4) is 0 Å². The number of rotatable bonds is 4. The fraction of sp³-hybridized carbons (Fsp3) is 0.182. The molecule has 0 radical (unpaired) electrons. The third-order valence-corrected chi connectivity index (χ3v) is 3.98. The summed E-state index contributed by atoms with van der Waals surface area (Å²) in [5.41, 5.74) is 0.605. The molecule has 18 heavy (non-hydrogen) atoms. The molecule has 0 fully saturated rings. The molecule has 1 unspecified atom stereocenters. The average molecular weight is 375 g/mol. The molecular weight excluding hydrogens is 365 g/mol. The second kappa shape index (κ2) is 5.61. The predicted octanol–water partition coefficient (Wildman–Crippen LogP) is 3.83. The number of anilines is 1. The summed E-state index contributed by atoms with van der Waals surface area (Å²) in [5, 5.41) is 16.9. The van der Waals surface area contributed by atoms with Gasteiger partial charge in [-0.15, -0.1) is 11.3 Å². The van der Waals surface area contributed by atoms with Crippen LogP contribution in [0.4, 0.5) is 11.4 Å². The molecule has 94 valence electrons. The van der Waals surface area contributed by atoms with E-state index < -0.39 is 0 Å². The Morgan fingerprint density at radius 1 is 1.56 bits per heavy atom. The van der Waals surface area contributed by atoms with Gasteiger partial charge in [-0.1, -0.05) is 0 Å². The minimum absolute atomic E-state index is 0.0521. The zero-order chi connectivity index (χ0) is 13.1. The number of hydrogen-bond donors (Lipinski definition) is 1. The smallest absolute Gasteiger partial charge is 0.293 e. The van der Waals surface area contributed by atoms with Crippen molar-refractivity contribution in [3.63, 3.8) is 0 Å². The lowest BCUT2D eigenvalue weighted by Crippen LogP contribution is -2.08. The van der Waals surface area contributed by atoms with Gasteiger partial charge in [0.05, 0.1) is 11.0 Å². The van der Waals surface area contributed by atoms with Crippen molar-refractivity contribution in [2.75, 3.05) is 5.32 Å². The van der Waals surface area contributed by atoms with E-state index in [0.717, 1.165) is 8.58 Å². The molecule has 0 aliphatic rings. The summed E-state index contributed by atoms with van der Waals surface area (Å²) in [4.78, 5) is 14.8. The number of nitro benzene ring substituents is 1. The first-order chi connectivity index (χ1) is 8.58. The molecule has 2 rings (SSSR count). The van der Waals surface area contributed by atoms with E-state index in [9.17, 15) is 10.1 Å². The standard InChI is InChI=1S/C11H10IN3O2S/c1-7(11-13-4-5-18-11)14-9-3-2-8(12)6-10(9)15(16)17/h2-7,14H,1H3. The van der Waals surface area contributed by atoms with Crippen molar-refractivity contribution in [1.82, 2.24) is 4.98 Å². The van der Waals surface area contributed by atoms with Crippen LogP contribution in [-0.4, -0.2) is 9.91 Å². The third-order valence-electron chi connectivity index (χ3n) is 2.35. The monoisotopic (exact) mass is 375 g/mol. The summed E-state index contributed by atoms with van der Waals surface area (Å²) in [6.45, 7) is 1.93. The van der Waals surface area contributed by atoms with E-state index in [4.69, 9.17) is 0 Å². The second-order valence-corrected chi connectivity index (χ2v) is 5.83. The van der Waals surface area contributed by atoms with Crippen LogP contribution in [0.25, 0.3) is 0 Å². The quantitative estimate of drug-likeness (QED) is 0.501. The van der Waals surface area contributed by atoms with Crippen LogP contribution in [0.15, 0.2) is 29.8 Å². The summed E-state index contributed by atoms with van der Waals surface area (Å²) in [6, 6.07) is 5.06. The Hall–Kier alpha value is -1.22. The Labute approximate surface area is 122 Å². The van der Waals surface area contributed by atoms with E-state index in [1.165, 1.54) is 11.3 Å². The summed E-state index contributed by atoms with van der Waals surface area (Å²) in [6.07, 6.45) is 1.72. The highest BCUT2D eigenvalue weighted by Crippen LogP contribution is 2.30. The van der Waals surface area contributed by atoms with Crippen LogP contribution in [0.2, 0.25) is 0 Å². The molecule has 1 heterocycles. The molecule has 0 spiro atoms. The van der Waals surface area contributed by atoms with Crippen molar-refractivity contribution < 1.29 is 4.92 Å². The summed E-state index contributed by atoms with van der Waals surface area (Å²) in [7, 11) is 0. The van der Waals surface area contributed by atoms with Crippen LogP contribution in [-0.2, 0) is 0 Å². The van der Waals surface area contributed by atoms with Crippen LogP contribution in [0.1, 0.15) is 18.0 Å². The highest BCUT2D eigenvalue weighted by atomic mass is 127. The summed E-state index contributed by atoms with van der Waals surface area (Å²) >= 11 is 3.58. The van der Waals surface area contributed by atoms with Crippen molar-refractivity contribution in [2.45, 2.75) is 13.0 Å². The minimum atomic E-state index is -0.376. The van der Waals surface area contributed by atoms with Gasteiger partial charge in [0.15, 0.2) is 0 Å². The zero-order valence-corrected chi connectivity index (χ0v) is 12.4. The van der Waals surface area contributed by atoms with Crippen LogP contribution in [0, 0.1) is 13.7 Å². The molecular formula is C11H10IN3O2S. The van der Waals surface area contributed by atoms with Gasteiger partial charge in [-0.25, -0.2) is 4.98 Å². The van der Waals surface area contributed by atoms with Crippen molar-refractivity contribution >= 4 is 45.3 Å². The van der Waals surface area contributed by atoms with Crippen LogP contribution >= 0.6 is 33.9 Å². The SMILES string of the molecule is CC(Nc1ccc(I)cc1[N+](=O)[O-])c1nccs1. The van der Waals surface area contributed by atoms with Gasteiger partial charge in [-0.05, 0) is 41.6 Å². The van der Waals surface area contributed by atoms with Gasteiger partial charge < -0.3 is 5.32 Å². The molecule has 0 amide bonds. The van der Waals surface area contributed by atoms with Gasteiger partial charge in [0, 0.05) is 21.2 Å².